The third-order valence-corrected chi connectivity index (χ3v) is 8.18. The number of amides is 1. The van der Waals surface area contributed by atoms with Gasteiger partial charge in [0.05, 0.1) is 20.9 Å². The van der Waals surface area contributed by atoms with E-state index in [1.54, 1.807) is 4.90 Å². The van der Waals surface area contributed by atoms with Crippen LogP contribution in [-0.2, 0) is 21.1 Å². The molecule has 6 nitrogen and oxygen atoms in total. The van der Waals surface area contributed by atoms with Gasteiger partial charge >= 0.3 is 0 Å². The second-order valence-electron chi connectivity index (χ2n) is 7.84. The lowest BCUT2D eigenvalue weighted by molar-refractivity contribution is -0.118. The number of hydrogen-bond donors (Lipinski definition) is 0. The van der Waals surface area contributed by atoms with E-state index in [4.69, 9.17) is 16.6 Å². The van der Waals surface area contributed by atoms with Crippen LogP contribution >= 0.6 is 35.3 Å². The maximum absolute atomic E-state index is 13.2. The Morgan fingerprint density at radius 1 is 1.09 bits per heavy atom. The predicted molar refractivity (Wildman–Crippen MR) is 140 cm³/mol. The number of sulfone groups is 1. The van der Waals surface area contributed by atoms with Crippen molar-refractivity contribution in [3.8, 4) is 0 Å². The summed E-state index contributed by atoms with van der Waals surface area (Å²) in [6, 6.07) is 12.1. The maximum atomic E-state index is 13.2. The molecule has 0 spiro atoms. The number of benzene rings is 2. The first-order chi connectivity index (χ1) is 15.2. The van der Waals surface area contributed by atoms with Gasteiger partial charge in [0.15, 0.2) is 15.0 Å². The summed E-state index contributed by atoms with van der Waals surface area (Å²) in [5, 5.41) is 1.09. The summed E-state index contributed by atoms with van der Waals surface area (Å²) in [7, 11) is 0.376. The van der Waals surface area contributed by atoms with Crippen LogP contribution in [0.3, 0.4) is 0 Å². The number of fused-ring (bicyclic) bond motifs is 1. The Balaban J connectivity index is 0.00000385. The minimum absolute atomic E-state index is 0. The molecule has 0 radical (unpaired) electrons. The zero-order chi connectivity index (χ0) is 23.3. The Labute approximate surface area is 210 Å². The minimum atomic E-state index is -3.59. The molecule has 0 N–H and O–H groups in total. The predicted octanol–water partition coefficient (Wildman–Crippen LogP) is 5.08. The highest BCUT2D eigenvalue weighted by Gasteiger charge is 2.23. The quantitative estimate of drug-likeness (QED) is 0.366. The lowest BCUT2D eigenvalue weighted by Crippen LogP contribution is -2.34. The topological polar surface area (TPSA) is 70.6 Å². The van der Waals surface area contributed by atoms with Gasteiger partial charge in [-0.15, -0.1) is 12.4 Å². The van der Waals surface area contributed by atoms with Crippen LogP contribution in [0.2, 0.25) is 5.02 Å². The molecule has 0 bridgehead atoms. The highest BCUT2D eigenvalue weighted by molar-refractivity contribution is 7.91. The van der Waals surface area contributed by atoms with Crippen LogP contribution in [0.1, 0.15) is 25.3 Å². The van der Waals surface area contributed by atoms with Crippen molar-refractivity contribution in [3.05, 3.63) is 53.1 Å². The van der Waals surface area contributed by atoms with Crippen LogP contribution in [-0.4, -0.2) is 57.1 Å². The van der Waals surface area contributed by atoms with E-state index < -0.39 is 9.84 Å². The molecule has 3 rings (SSSR count). The third kappa shape index (κ3) is 7.13. The molecular weight excluding hydrogens is 501 g/mol. The van der Waals surface area contributed by atoms with Crippen molar-refractivity contribution in [2.45, 2.75) is 31.1 Å². The van der Waals surface area contributed by atoms with Gasteiger partial charge in [-0.25, -0.2) is 13.4 Å². The van der Waals surface area contributed by atoms with Gasteiger partial charge < -0.3 is 4.90 Å². The Morgan fingerprint density at radius 2 is 1.79 bits per heavy atom. The van der Waals surface area contributed by atoms with Gasteiger partial charge in [-0.1, -0.05) is 42.0 Å². The van der Waals surface area contributed by atoms with E-state index in [1.165, 1.54) is 35.6 Å². The number of halogens is 2. The smallest absolute Gasteiger partial charge is 0.229 e. The van der Waals surface area contributed by atoms with Gasteiger partial charge in [-0.2, -0.15) is 0 Å². The molecule has 0 saturated heterocycles. The van der Waals surface area contributed by atoms with Crippen molar-refractivity contribution in [2.75, 3.05) is 37.8 Å². The Morgan fingerprint density at radius 3 is 2.42 bits per heavy atom. The highest BCUT2D eigenvalue weighted by Crippen LogP contribution is 2.31. The standard InChI is InChI=1S/C23H28ClN3O3S2.ClH/c1-4-17-7-5-8-20-22(17)25-23(31-20)27(15-6-14-26(2)3)21(28)13-16-32(29,30)19-11-9-18(24)10-12-19;/h5,7-12H,4,6,13-16H2,1-3H3;1H. The molecule has 0 aliphatic heterocycles. The van der Waals surface area contributed by atoms with Crippen molar-refractivity contribution < 1.29 is 13.2 Å². The first kappa shape index (κ1) is 27.5. The lowest BCUT2D eigenvalue weighted by atomic mass is 10.1. The number of para-hydroxylation sites is 1. The van der Waals surface area contributed by atoms with Gasteiger partial charge in [0.2, 0.25) is 5.91 Å². The van der Waals surface area contributed by atoms with Crippen LogP contribution in [0.25, 0.3) is 10.2 Å². The van der Waals surface area contributed by atoms with E-state index in [0.29, 0.717) is 16.7 Å². The van der Waals surface area contributed by atoms with E-state index in [9.17, 15) is 13.2 Å². The average Bonchev–Trinajstić information content (AvgIpc) is 3.19. The minimum Gasteiger partial charge on any atom is -0.309 e. The number of aryl methyl sites for hydroxylation is 1. The highest BCUT2D eigenvalue weighted by atomic mass is 35.5. The number of aromatic nitrogens is 1. The summed E-state index contributed by atoms with van der Waals surface area (Å²) in [6.45, 7) is 3.38. The van der Waals surface area contributed by atoms with Crippen molar-refractivity contribution in [1.82, 2.24) is 9.88 Å². The molecule has 10 heteroatoms. The van der Waals surface area contributed by atoms with Gasteiger partial charge in [-0.3, -0.25) is 9.69 Å². The Kier molecular flexibility index (Phi) is 10.1. The molecule has 0 atom stereocenters. The number of nitrogens with zero attached hydrogens (tertiary/aromatic N) is 3. The molecule has 3 aromatic rings. The van der Waals surface area contributed by atoms with Crippen molar-refractivity contribution in [2.24, 2.45) is 0 Å². The molecule has 0 unspecified atom stereocenters. The first-order valence-corrected chi connectivity index (χ1v) is 13.4. The summed E-state index contributed by atoms with van der Waals surface area (Å²) in [6.07, 6.45) is 1.51. The van der Waals surface area contributed by atoms with Gasteiger partial charge in [-0.05, 0) is 69.4 Å². The Bertz CT molecular complexity index is 1180. The fourth-order valence-electron chi connectivity index (χ4n) is 3.38. The number of rotatable bonds is 10. The van der Waals surface area contributed by atoms with Gasteiger partial charge in [0.1, 0.15) is 0 Å². The number of hydrogen-bond acceptors (Lipinski definition) is 6. The zero-order valence-corrected chi connectivity index (χ0v) is 22.2. The Hall–Kier alpha value is -1.71. The van der Waals surface area contributed by atoms with E-state index in [1.807, 2.05) is 32.3 Å². The van der Waals surface area contributed by atoms with Crippen LogP contribution in [0.15, 0.2) is 47.4 Å². The van der Waals surface area contributed by atoms with Gasteiger partial charge in [0.25, 0.3) is 0 Å². The normalized spacial score (nSPS) is 11.5. The van der Waals surface area contributed by atoms with E-state index in [-0.39, 0.29) is 35.4 Å². The molecule has 1 amide bonds. The van der Waals surface area contributed by atoms with Crippen molar-refractivity contribution in [3.63, 3.8) is 0 Å². The van der Waals surface area contributed by atoms with Crippen LogP contribution in [0.4, 0.5) is 5.13 Å². The van der Waals surface area contributed by atoms with Crippen LogP contribution < -0.4 is 4.90 Å². The fraction of sp³-hybridized carbons (Fsp3) is 0.391. The summed E-state index contributed by atoms with van der Waals surface area (Å²) < 4.78 is 26.4. The van der Waals surface area contributed by atoms with E-state index in [0.717, 1.165) is 35.2 Å². The molecule has 0 fully saturated rings. The molecule has 2 aromatic carbocycles. The lowest BCUT2D eigenvalue weighted by Gasteiger charge is -2.21. The summed E-state index contributed by atoms with van der Waals surface area (Å²) in [5.74, 6) is -0.499. The number of thiazole rings is 1. The second-order valence-corrected chi connectivity index (χ2v) is 11.4. The van der Waals surface area contributed by atoms with Crippen LogP contribution in [0.5, 0.6) is 0 Å². The van der Waals surface area contributed by atoms with Crippen molar-refractivity contribution >= 4 is 66.4 Å². The first-order valence-electron chi connectivity index (χ1n) is 10.5. The average molecular weight is 531 g/mol. The van der Waals surface area contributed by atoms with E-state index >= 15 is 0 Å². The fourth-order valence-corrected chi connectivity index (χ4v) is 5.80. The van der Waals surface area contributed by atoms with Crippen molar-refractivity contribution in [1.29, 1.82) is 0 Å². The molecule has 1 aromatic heterocycles. The molecule has 33 heavy (non-hydrogen) atoms. The molecule has 0 aliphatic carbocycles. The second kappa shape index (κ2) is 12.1. The third-order valence-electron chi connectivity index (χ3n) is 5.15. The SMILES string of the molecule is CCc1cccc2sc(N(CCCN(C)C)C(=O)CCS(=O)(=O)c3ccc(Cl)cc3)nc12.Cl. The monoisotopic (exact) mass is 529 g/mol. The number of carbonyl (C=O) groups excluding carboxylic acids is 1. The largest absolute Gasteiger partial charge is 0.309 e. The molecule has 0 aliphatic rings. The molecule has 1 heterocycles. The molecule has 0 saturated carbocycles. The summed E-state index contributed by atoms with van der Waals surface area (Å²) >= 11 is 7.33. The summed E-state index contributed by atoms with van der Waals surface area (Å²) in [5.41, 5.74) is 2.05. The number of carbonyl (C=O) groups is 1. The zero-order valence-electron chi connectivity index (χ0n) is 19.0. The summed E-state index contributed by atoms with van der Waals surface area (Å²) in [4.78, 5) is 21.8. The van der Waals surface area contributed by atoms with Crippen LogP contribution in [0, 0.1) is 0 Å². The molecule has 180 valence electrons. The van der Waals surface area contributed by atoms with Gasteiger partial charge in [0, 0.05) is 18.0 Å². The number of anilines is 1. The maximum Gasteiger partial charge on any atom is 0.229 e. The van der Waals surface area contributed by atoms with E-state index in [2.05, 4.69) is 11.8 Å². The molecular formula is C23H29Cl2N3O3S2.